The van der Waals surface area contributed by atoms with E-state index >= 15 is 0 Å². The molecule has 25 heavy (non-hydrogen) atoms. The van der Waals surface area contributed by atoms with Gasteiger partial charge in [0.2, 0.25) is 0 Å². The summed E-state index contributed by atoms with van der Waals surface area (Å²) in [5, 5.41) is 2.51. The third-order valence-corrected chi connectivity index (χ3v) is 4.20. The van der Waals surface area contributed by atoms with E-state index in [0.717, 1.165) is 9.47 Å². The van der Waals surface area contributed by atoms with Gasteiger partial charge in [-0.1, -0.05) is 13.3 Å². The summed E-state index contributed by atoms with van der Waals surface area (Å²) < 4.78 is 38.9. The first-order chi connectivity index (χ1) is 11.5. The number of alkyl halides is 3. The molecule has 0 aromatic carbocycles. The van der Waals surface area contributed by atoms with Gasteiger partial charge in [0.25, 0.3) is 5.91 Å². The van der Waals surface area contributed by atoms with Gasteiger partial charge in [-0.2, -0.15) is 13.2 Å². The van der Waals surface area contributed by atoms with Crippen LogP contribution in [0.15, 0.2) is 6.07 Å². The van der Waals surface area contributed by atoms with Gasteiger partial charge in [0.05, 0.1) is 6.54 Å². The number of aryl methyl sites for hydroxylation is 1. The van der Waals surface area contributed by atoms with Crippen LogP contribution in [0.1, 0.15) is 41.5 Å². The normalized spacial score (nSPS) is 18.0. The van der Waals surface area contributed by atoms with Gasteiger partial charge in [0.15, 0.2) is 5.78 Å². The molecule has 1 unspecified atom stereocenters. The number of rotatable bonds is 6. The highest BCUT2D eigenvalue weighted by atomic mass is 19.4. The predicted molar refractivity (Wildman–Crippen MR) is 83.2 cm³/mol. The second-order valence-corrected chi connectivity index (χ2v) is 6.12. The van der Waals surface area contributed by atoms with Crippen molar-refractivity contribution in [3.05, 3.63) is 23.0 Å². The van der Waals surface area contributed by atoms with Crippen molar-refractivity contribution in [2.24, 2.45) is 0 Å². The molecule has 138 valence electrons. The van der Waals surface area contributed by atoms with Crippen molar-refractivity contribution in [3.63, 3.8) is 0 Å². The lowest BCUT2D eigenvalue weighted by molar-refractivity contribution is -0.141. The Hall–Kier alpha value is -2.32. The molecule has 0 bridgehead atoms. The van der Waals surface area contributed by atoms with E-state index in [-0.39, 0.29) is 11.3 Å². The molecule has 1 atom stereocenters. The lowest BCUT2D eigenvalue weighted by Crippen LogP contribution is -2.36. The molecule has 1 aromatic heterocycles. The zero-order valence-corrected chi connectivity index (χ0v) is 14.2. The number of Topliss-reactive ketones (excluding diaryl/α,β-unsaturated/α-hetero) is 1. The molecule has 2 heterocycles. The average Bonchev–Trinajstić information content (AvgIpc) is 2.91. The Balaban J connectivity index is 2.18. The van der Waals surface area contributed by atoms with E-state index in [1.165, 1.54) is 19.9 Å². The van der Waals surface area contributed by atoms with Gasteiger partial charge in [-0.05, 0) is 26.3 Å². The zero-order chi connectivity index (χ0) is 18.9. The summed E-state index contributed by atoms with van der Waals surface area (Å²) in [6.45, 7) is 3.07. The van der Waals surface area contributed by atoms with Gasteiger partial charge >= 0.3 is 12.2 Å². The Labute approximate surface area is 143 Å². The van der Waals surface area contributed by atoms with Crippen LogP contribution in [0.4, 0.5) is 18.0 Å². The summed E-state index contributed by atoms with van der Waals surface area (Å²) in [7, 11) is 0. The molecular weight excluding hydrogens is 339 g/mol. The zero-order valence-electron chi connectivity index (χ0n) is 14.2. The maximum Gasteiger partial charge on any atom is 0.406 e. The van der Waals surface area contributed by atoms with Crippen molar-refractivity contribution in [1.82, 2.24) is 14.8 Å². The minimum atomic E-state index is -4.41. The highest BCUT2D eigenvalue weighted by Gasteiger charge is 2.39. The molecule has 1 fully saturated rings. The van der Waals surface area contributed by atoms with E-state index in [2.05, 4.69) is 5.32 Å². The molecule has 6 nitrogen and oxygen atoms in total. The molecule has 0 saturated carbocycles. The first-order valence-electron chi connectivity index (χ1n) is 7.93. The summed E-state index contributed by atoms with van der Waals surface area (Å²) in [6.07, 6.45) is -3.25. The molecule has 1 N–H and O–H groups in total. The third kappa shape index (κ3) is 4.02. The fraction of sp³-hybridized carbons (Fsp3) is 0.562. The molecule has 0 spiro atoms. The number of aromatic nitrogens is 1. The molecule has 1 saturated heterocycles. The molecule has 3 amide bonds. The SMILES string of the molecule is CCCC1NC(=O)N(CC(=O)c2cc(C)n(CC(F)(F)F)c2C)C1=O. The van der Waals surface area contributed by atoms with Gasteiger partial charge in [-0.25, -0.2) is 4.79 Å². The Bertz CT molecular complexity index is 709. The Morgan fingerprint density at radius 2 is 1.92 bits per heavy atom. The molecule has 0 aliphatic carbocycles. The summed E-state index contributed by atoms with van der Waals surface area (Å²) in [6, 6.07) is 0.0506. The highest BCUT2D eigenvalue weighted by molar-refractivity contribution is 6.09. The van der Waals surface area contributed by atoms with Crippen LogP contribution in [0, 0.1) is 13.8 Å². The van der Waals surface area contributed by atoms with E-state index in [0.29, 0.717) is 18.5 Å². The Morgan fingerprint density at radius 1 is 1.28 bits per heavy atom. The summed E-state index contributed by atoms with van der Waals surface area (Å²) in [4.78, 5) is 37.3. The molecular formula is C16H20F3N3O3. The fourth-order valence-electron chi connectivity index (χ4n) is 2.95. The minimum Gasteiger partial charge on any atom is -0.339 e. The van der Waals surface area contributed by atoms with Gasteiger partial charge in [-0.15, -0.1) is 0 Å². The number of nitrogens with one attached hydrogen (secondary N) is 1. The van der Waals surface area contributed by atoms with Gasteiger partial charge in [-0.3, -0.25) is 14.5 Å². The number of nitrogens with zero attached hydrogens (tertiary/aromatic N) is 2. The van der Waals surface area contributed by atoms with E-state index in [4.69, 9.17) is 0 Å². The third-order valence-electron chi connectivity index (χ3n) is 4.20. The second-order valence-electron chi connectivity index (χ2n) is 6.12. The van der Waals surface area contributed by atoms with Crippen molar-refractivity contribution in [2.75, 3.05) is 6.54 Å². The van der Waals surface area contributed by atoms with Crippen molar-refractivity contribution in [2.45, 2.75) is 52.4 Å². The minimum absolute atomic E-state index is 0.0845. The number of amides is 3. The highest BCUT2D eigenvalue weighted by Crippen LogP contribution is 2.24. The predicted octanol–water partition coefficient (Wildman–Crippen LogP) is 2.57. The summed E-state index contributed by atoms with van der Waals surface area (Å²) in [5.74, 6) is -1.05. The van der Waals surface area contributed by atoms with Gasteiger partial charge in [0.1, 0.15) is 12.6 Å². The van der Waals surface area contributed by atoms with Crippen LogP contribution >= 0.6 is 0 Å². The largest absolute Gasteiger partial charge is 0.406 e. The smallest absolute Gasteiger partial charge is 0.339 e. The van der Waals surface area contributed by atoms with Gasteiger partial charge < -0.3 is 9.88 Å². The van der Waals surface area contributed by atoms with Crippen LogP contribution in [-0.2, 0) is 11.3 Å². The van der Waals surface area contributed by atoms with Crippen LogP contribution < -0.4 is 5.32 Å². The summed E-state index contributed by atoms with van der Waals surface area (Å²) >= 11 is 0. The first-order valence-corrected chi connectivity index (χ1v) is 7.93. The lowest BCUT2D eigenvalue weighted by Gasteiger charge is -2.14. The fourth-order valence-corrected chi connectivity index (χ4v) is 2.95. The first kappa shape index (κ1) is 19.0. The number of hydrogen-bond acceptors (Lipinski definition) is 3. The van der Waals surface area contributed by atoms with Crippen molar-refractivity contribution in [1.29, 1.82) is 0 Å². The molecule has 0 radical (unpaired) electrons. The van der Waals surface area contributed by atoms with Crippen molar-refractivity contribution in [3.8, 4) is 0 Å². The number of hydrogen-bond donors (Lipinski definition) is 1. The average molecular weight is 359 g/mol. The van der Waals surface area contributed by atoms with Crippen LogP contribution in [-0.4, -0.2) is 46.0 Å². The number of carbonyl (C=O) groups is 3. The number of halogens is 3. The molecule has 1 aliphatic rings. The van der Waals surface area contributed by atoms with E-state index in [9.17, 15) is 27.6 Å². The molecule has 2 rings (SSSR count). The second kappa shape index (κ2) is 6.89. The lowest BCUT2D eigenvalue weighted by atomic mass is 10.1. The van der Waals surface area contributed by atoms with E-state index in [1.807, 2.05) is 6.92 Å². The molecule has 1 aliphatic heterocycles. The maximum absolute atomic E-state index is 12.6. The van der Waals surface area contributed by atoms with Crippen LogP contribution in [0.2, 0.25) is 0 Å². The Morgan fingerprint density at radius 3 is 2.48 bits per heavy atom. The number of ketones is 1. The molecule has 1 aromatic rings. The summed E-state index contributed by atoms with van der Waals surface area (Å²) in [5.41, 5.74) is 0.539. The standard InChI is InChI=1S/C16H20F3N3O3/c1-4-5-12-14(24)21(15(25)20-12)7-13(23)11-6-9(2)22(10(11)3)8-16(17,18)19/h6,12H,4-5,7-8H2,1-3H3,(H,20,25). The van der Waals surface area contributed by atoms with Crippen LogP contribution in [0.5, 0.6) is 0 Å². The number of urea groups is 1. The quantitative estimate of drug-likeness (QED) is 0.627. The maximum atomic E-state index is 12.6. The van der Waals surface area contributed by atoms with Crippen molar-refractivity contribution < 1.29 is 27.6 Å². The number of imide groups is 1. The van der Waals surface area contributed by atoms with Crippen LogP contribution in [0.25, 0.3) is 0 Å². The number of carbonyl (C=O) groups excluding carboxylic acids is 3. The van der Waals surface area contributed by atoms with E-state index < -0.39 is 43.0 Å². The van der Waals surface area contributed by atoms with Gasteiger partial charge in [0, 0.05) is 17.0 Å². The molecule has 9 heteroatoms. The van der Waals surface area contributed by atoms with E-state index in [1.54, 1.807) is 0 Å². The topological polar surface area (TPSA) is 71.4 Å². The van der Waals surface area contributed by atoms with Crippen LogP contribution in [0.3, 0.4) is 0 Å². The Kier molecular flexibility index (Phi) is 5.24. The monoisotopic (exact) mass is 359 g/mol. The van der Waals surface area contributed by atoms with Crippen molar-refractivity contribution >= 4 is 17.7 Å².